The first-order valence-corrected chi connectivity index (χ1v) is 12.4. The lowest BCUT2D eigenvalue weighted by Gasteiger charge is -2.30. The van der Waals surface area contributed by atoms with Gasteiger partial charge in [0.2, 0.25) is 10.0 Å². The average Bonchev–Trinajstić information content (AvgIpc) is 3.19. The van der Waals surface area contributed by atoms with Crippen molar-refractivity contribution in [2.45, 2.75) is 30.8 Å². The molecule has 1 unspecified atom stereocenters. The number of ether oxygens (including phenoxy) is 1. The van der Waals surface area contributed by atoms with Crippen LogP contribution in [0.2, 0.25) is 0 Å². The minimum atomic E-state index is -3.74. The third kappa shape index (κ3) is 5.21. The fraction of sp³-hybridized carbons (Fsp3) is 0.333. The number of nitrogens with one attached hydrogen (secondary N) is 1. The summed E-state index contributed by atoms with van der Waals surface area (Å²) in [6.45, 7) is 3.09. The van der Waals surface area contributed by atoms with Crippen LogP contribution >= 0.6 is 0 Å². The van der Waals surface area contributed by atoms with E-state index in [9.17, 15) is 17.6 Å². The topological polar surface area (TPSA) is 103 Å². The van der Waals surface area contributed by atoms with Crippen LogP contribution in [0.1, 0.15) is 18.4 Å². The highest BCUT2D eigenvalue weighted by Crippen LogP contribution is 2.30. The fourth-order valence-electron chi connectivity index (χ4n) is 4.03. The predicted molar refractivity (Wildman–Crippen MR) is 126 cm³/mol. The molecule has 2 heterocycles. The van der Waals surface area contributed by atoms with Gasteiger partial charge in [-0.05, 0) is 50.1 Å². The first kappa shape index (κ1) is 23.7. The number of nitrogens with zero attached hydrogens (tertiary/aromatic N) is 3. The third-order valence-electron chi connectivity index (χ3n) is 5.96. The van der Waals surface area contributed by atoms with E-state index >= 15 is 0 Å². The number of benzene rings is 2. The SMILES string of the molecule is Cc1ccc(S(=O)(=O)NCC2CN(c3ccc(N4CCC(=CC#N)CC4)c(F)c3)C(=O)O2)cc1. The predicted octanol–water partition coefficient (Wildman–Crippen LogP) is 3.49. The highest BCUT2D eigenvalue weighted by Gasteiger charge is 2.34. The number of rotatable bonds is 6. The molecule has 0 bridgehead atoms. The summed E-state index contributed by atoms with van der Waals surface area (Å²) in [7, 11) is -3.74. The van der Waals surface area contributed by atoms with Gasteiger partial charge < -0.3 is 9.64 Å². The van der Waals surface area contributed by atoms with Gasteiger partial charge in [0.05, 0.1) is 28.9 Å². The molecule has 2 fully saturated rings. The quantitative estimate of drug-likeness (QED) is 0.630. The number of carbonyl (C=O) groups is 1. The van der Waals surface area contributed by atoms with Gasteiger partial charge in [0.15, 0.2) is 0 Å². The molecule has 8 nitrogen and oxygen atoms in total. The van der Waals surface area contributed by atoms with Gasteiger partial charge in [-0.15, -0.1) is 0 Å². The maximum Gasteiger partial charge on any atom is 0.414 e. The molecule has 0 aliphatic carbocycles. The Morgan fingerprint density at radius 2 is 1.91 bits per heavy atom. The second kappa shape index (κ2) is 9.83. The largest absolute Gasteiger partial charge is 0.443 e. The van der Waals surface area contributed by atoms with E-state index in [0.717, 1.165) is 11.1 Å². The second-order valence-electron chi connectivity index (χ2n) is 8.34. The van der Waals surface area contributed by atoms with Crippen LogP contribution in [0.25, 0.3) is 0 Å². The number of hydrogen-bond acceptors (Lipinski definition) is 6. The maximum atomic E-state index is 14.9. The summed E-state index contributed by atoms with van der Waals surface area (Å²) in [6, 6.07) is 13.0. The second-order valence-corrected chi connectivity index (χ2v) is 10.1. The summed E-state index contributed by atoms with van der Waals surface area (Å²) in [6.07, 6.45) is 1.59. The van der Waals surface area contributed by atoms with Crippen LogP contribution in [0.3, 0.4) is 0 Å². The van der Waals surface area contributed by atoms with E-state index in [0.29, 0.717) is 37.3 Å². The number of cyclic esters (lactones) is 1. The van der Waals surface area contributed by atoms with Gasteiger partial charge >= 0.3 is 6.09 Å². The van der Waals surface area contributed by atoms with Crippen molar-refractivity contribution >= 4 is 27.5 Å². The molecule has 0 aromatic heterocycles. The summed E-state index contributed by atoms with van der Waals surface area (Å²) in [5, 5.41) is 8.78. The van der Waals surface area contributed by atoms with Gasteiger partial charge in [0.1, 0.15) is 11.9 Å². The van der Waals surface area contributed by atoms with Crippen LogP contribution in [0.5, 0.6) is 0 Å². The molecule has 2 aromatic rings. The normalized spacial score (nSPS) is 18.6. The van der Waals surface area contributed by atoms with Gasteiger partial charge in [-0.1, -0.05) is 23.3 Å². The summed E-state index contributed by atoms with van der Waals surface area (Å²) in [5.74, 6) is -0.457. The molecular weight excluding hydrogens is 459 g/mol. The van der Waals surface area contributed by atoms with Crippen molar-refractivity contribution < 1.29 is 22.3 Å². The van der Waals surface area contributed by atoms with Crippen LogP contribution in [0.15, 0.2) is 59.0 Å². The number of allylic oxidation sites excluding steroid dienone is 1. The molecule has 2 saturated heterocycles. The van der Waals surface area contributed by atoms with Crippen molar-refractivity contribution in [1.29, 1.82) is 5.26 Å². The number of nitriles is 1. The number of carbonyl (C=O) groups excluding carboxylic acids is 1. The number of anilines is 2. The number of halogens is 1. The van der Waals surface area contributed by atoms with Crippen LogP contribution in [-0.2, 0) is 14.8 Å². The van der Waals surface area contributed by atoms with Crippen LogP contribution in [0, 0.1) is 24.1 Å². The Bertz CT molecular complexity index is 1240. The van der Waals surface area contributed by atoms with Gasteiger partial charge in [0, 0.05) is 25.7 Å². The minimum Gasteiger partial charge on any atom is -0.443 e. The Balaban J connectivity index is 1.38. The number of piperidine rings is 1. The zero-order chi connectivity index (χ0) is 24.3. The van der Waals surface area contributed by atoms with Gasteiger partial charge in [0.25, 0.3) is 0 Å². The van der Waals surface area contributed by atoms with Gasteiger partial charge in [-0.3, -0.25) is 4.90 Å². The van der Waals surface area contributed by atoms with E-state index in [-0.39, 0.29) is 18.0 Å². The molecule has 0 radical (unpaired) electrons. The molecular formula is C24H25FN4O4S. The van der Waals surface area contributed by atoms with Crippen LogP contribution in [-0.4, -0.2) is 46.8 Å². The van der Waals surface area contributed by atoms with E-state index in [2.05, 4.69) is 4.72 Å². The Hall–Kier alpha value is -3.42. The van der Waals surface area contributed by atoms with Crippen molar-refractivity contribution in [1.82, 2.24) is 4.72 Å². The average molecular weight is 485 g/mol. The Kier molecular flexibility index (Phi) is 6.86. The molecule has 0 saturated carbocycles. The lowest BCUT2D eigenvalue weighted by molar-refractivity contribution is 0.143. The molecule has 10 heteroatoms. The van der Waals surface area contributed by atoms with Crippen molar-refractivity contribution in [2.75, 3.05) is 36.0 Å². The molecule has 1 amide bonds. The summed E-state index contributed by atoms with van der Waals surface area (Å²) in [5.41, 5.74) is 2.78. The number of sulfonamides is 1. The number of hydrogen-bond donors (Lipinski definition) is 1. The van der Waals surface area contributed by atoms with Crippen molar-refractivity contribution in [2.24, 2.45) is 0 Å². The van der Waals surface area contributed by atoms with E-state index < -0.39 is 28.0 Å². The molecule has 1 atom stereocenters. The highest BCUT2D eigenvalue weighted by molar-refractivity contribution is 7.89. The minimum absolute atomic E-state index is 0.0919. The van der Waals surface area contributed by atoms with E-state index in [1.54, 1.807) is 30.3 Å². The van der Waals surface area contributed by atoms with Crippen molar-refractivity contribution in [3.05, 3.63) is 65.5 Å². The Morgan fingerprint density at radius 3 is 2.56 bits per heavy atom. The molecule has 1 N–H and O–H groups in total. The molecule has 2 aliphatic rings. The number of aryl methyl sites for hydroxylation is 1. The monoisotopic (exact) mass is 484 g/mol. The van der Waals surface area contributed by atoms with E-state index in [1.165, 1.54) is 23.1 Å². The zero-order valence-corrected chi connectivity index (χ0v) is 19.5. The molecule has 4 rings (SSSR count). The van der Waals surface area contributed by atoms with E-state index in [1.807, 2.05) is 17.9 Å². The summed E-state index contributed by atoms with van der Waals surface area (Å²) in [4.78, 5) is 15.7. The van der Waals surface area contributed by atoms with Crippen molar-refractivity contribution in [3.63, 3.8) is 0 Å². The Morgan fingerprint density at radius 1 is 1.21 bits per heavy atom. The molecule has 2 aromatic carbocycles. The highest BCUT2D eigenvalue weighted by atomic mass is 32.2. The molecule has 178 valence electrons. The first-order chi connectivity index (χ1) is 16.3. The van der Waals surface area contributed by atoms with E-state index in [4.69, 9.17) is 10.00 Å². The lowest BCUT2D eigenvalue weighted by atomic mass is 10.0. The van der Waals surface area contributed by atoms with Crippen molar-refractivity contribution in [3.8, 4) is 6.07 Å². The fourth-order valence-corrected chi connectivity index (χ4v) is 5.10. The molecule has 0 spiro atoms. The zero-order valence-electron chi connectivity index (χ0n) is 18.7. The maximum absolute atomic E-state index is 14.9. The van der Waals surface area contributed by atoms with Crippen LogP contribution in [0.4, 0.5) is 20.6 Å². The molecule has 2 aliphatic heterocycles. The van der Waals surface area contributed by atoms with Gasteiger partial charge in [-0.2, -0.15) is 5.26 Å². The smallest absolute Gasteiger partial charge is 0.414 e. The molecule has 34 heavy (non-hydrogen) atoms. The van der Waals surface area contributed by atoms with Crippen LogP contribution < -0.4 is 14.5 Å². The third-order valence-corrected chi connectivity index (χ3v) is 7.40. The standard InChI is InChI=1S/C24H25FN4O4S/c1-17-2-5-21(6-3-17)34(31,32)27-15-20-16-29(24(30)33-20)19-4-7-23(22(25)14-19)28-12-9-18(8-11-26)10-13-28/h2-8,14,20,27H,9-10,12-13,15-16H2,1H3. The lowest BCUT2D eigenvalue weighted by Crippen LogP contribution is -2.34. The summed E-state index contributed by atoms with van der Waals surface area (Å²) < 4.78 is 47.6. The summed E-state index contributed by atoms with van der Waals surface area (Å²) >= 11 is 0. The first-order valence-electron chi connectivity index (χ1n) is 10.9. The Labute approximate surface area is 198 Å². The van der Waals surface area contributed by atoms with Gasteiger partial charge in [-0.25, -0.2) is 22.3 Å². The number of amides is 1.